The highest BCUT2D eigenvalue weighted by Gasteiger charge is 2.52. The molecule has 3 unspecified atom stereocenters. The van der Waals surface area contributed by atoms with Crippen molar-refractivity contribution < 1.29 is 47.7 Å². The largest absolute Gasteiger partial charge is 0.463 e. The minimum Gasteiger partial charge on any atom is -0.463 e. The minimum absolute atomic E-state index is 0.00743. The minimum atomic E-state index is -1.37. The predicted molar refractivity (Wildman–Crippen MR) is 104 cm³/mol. The van der Waals surface area contributed by atoms with Gasteiger partial charge in [0.05, 0.1) is 0 Å². The van der Waals surface area contributed by atoms with E-state index in [-0.39, 0.29) is 32.3 Å². The lowest BCUT2D eigenvalue weighted by Gasteiger charge is -2.44. The van der Waals surface area contributed by atoms with Gasteiger partial charge >= 0.3 is 23.9 Å². The zero-order valence-corrected chi connectivity index (χ0v) is 18.5. The lowest BCUT2D eigenvalue weighted by molar-refractivity contribution is -0.272. The van der Waals surface area contributed by atoms with Gasteiger partial charge in [-0.3, -0.25) is 24.0 Å². The van der Waals surface area contributed by atoms with Crippen molar-refractivity contribution in [2.45, 2.75) is 90.9 Å². The van der Waals surface area contributed by atoms with Crippen LogP contribution in [0.25, 0.3) is 0 Å². The molecule has 1 aliphatic rings. The monoisotopic (exact) mass is 445 g/mol. The Morgan fingerprint density at radius 3 is 1.71 bits per heavy atom. The highest BCUT2D eigenvalue weighted by Crippen LogP contribution is 2.28. The van der Waals surface area contributed by atoms with Gasteiger partial charge in [0.2, 0.25) is 12.2 Å². The first-order chi connectivity index (χ1) is 14.7. The number of esters is 4. The van der Waals surface area contributed by atoms with Gasteiger partial charge < -0.3 is 29.0 Å². The van der Waals surface area contributed by atoms with Crippen LogP contribution in [0.3, 0.4) is 0 Å². The molecule has 11 heteroatoms. The summed E-state index contributed by atoms with van der Waals surface area (Å²) in [5, 5.41) is 2.54. The van der Waals surface area contributed by atoms with E-state index in [0.717, 1.165) is 0 Å². The number of rotatable bonds is 10. The van der Waals surface area contributed by atoms with E-state index in [0.29, 0.717) is 0 Å². The molecule has 1 N–H and O–H groups in total. The maximum absolute atomic E-state index is 12.1. The van der Waals surface area contributed by atoms with E-state index in [1.165, 1.54) is 6.92 Å². The number of hydrogen-bond acceptors (Lipinski definition) is 10. The first-order valence-electron chi connectivity index (χ1n) is 10.3. The topological polar surface area (TPSA) is 144 Å². The Kier molecular flexibility index (Phi) is 10.9. The number of ether oxygens (including phenoxy) is 5. The van der Waals surface area contributed by atoms with Crippen LogP contribution >= 0.6 is 0 Å². The molecule has 31 heavy (non-hydrogen) atoms. The van der Waals surface area contributed by atoms with Crippen molar-refractivity contribution in [2.24, 2.45) is 0 Å². The van der Waals surface area contributed by atoms with E-state index in [2.05, 4.69) is 5.32 Å². The van der Waals surface area contributed by atoms with Gasteiger partial charge in [0.25, 0.3) is 0 Å². The van der Waals surface area contributed by atoms with Gasteiger partial charge in [-0.2, -0.15) is 0 Å². The Bertz CT molecular complexity index is 664. The predicted octanol–water partition coefficient (Wildman–Crippen LogP) is 0.766. The van der Waals surface area contributed by atoms with E-state index in [1.807, 2.05) is 0 Å². The number of hydrogen-bond donors (Lipinski definition) is 1. The Labute approximate surface area is 181 Å². The van der Waals surface area contributed by atoms with Crippen molar-refractivity contribution in [3.63, 3.8) is 0 Å². The van der Waals surface area contributed by atoms with Crippen molar-refractivity contribution in [3.8, 4) is 0 Å². The van der Waals surface area contributed by atoms with Crippen LogP contribution in [0.5, 0.6) is 0 Å². The van der Waals surface area contributed by atoms with Gasteiger partial charge in [-0.05, 0) is 0 Å². The zero-order chi connectivity index (χ0) is 23.6. The second-order valence-corrected chi connectivity index (χ2v) is 6.77. The van der Waals surface area contributed by atoms with E-state index >= 15 is 0 Å². The lowest BCUT2D eigenvalue weighted by atomic mass is 9.96. The maximum atomic E-state index is 12.1. The van der Waals surface area contributed by atoms with Crippen LogP contribution in [0.1, 0.15) is 60.3 Å². The van der Waals surface area contributed by atoms with Crippen LogP contribution in [0.2, 0.25) is 0 Å². The second kappa shape index (κ2) is 12.9. The molecule has 176 valence electrons. The smallest absolute Gasteiger partial charge is 0.307 e. The molecular weight excluding hydrogens is 414 g/mol. The highest BCUT2D eigenvalue weighted by molar-refractivity contribution is 5.74. The van der Waals surface area contributed by atoms with Crippen LogP contribution in [-0.2, 0) is 47.7 Å². The van der Waals surface area contributed by atoms with Crippen molar-refractivity contribution in [3.05, 3.63) is 0 Å². The molecule has 1 saturated heterocycles. The normalized spacial score (nSPS) is 25.1. The molecule has 0 aromatic heterocycles. The summed E-state index contributed by atoms with van der Waals surface area (Å²) < 4.78 is 27.1. The summed E-state index contributed by atoms with van der Waals surface area (Å²) in [5.41, 5.74) is 0. The average molecular weight is 445 g/mol. The molecule has 1 heterocycles. The zero-order valence-electron chi connectivity index (χ0n) is 18.5. The van der Waals surface area contributed by atoms with Crippen LogP contribution in [0, 0.1) is 0 Å². The average Bonchev–Trinajstić information content (AvgIpc) is 2.75. The van der Waals surface area contributed by atoms with E-state index in [4.69, 9.17) is 23.7 Å². The third-order valence-corrected chi connectivity index (χ3v) is 4.36. The molecule has 0 bridgehead atoms. The third kappa shape index (κ3) is 8.16. The third-order valence-electron chi connectivity index (χ3n) is 4.36. The van der Waals surface area contributed by atoms with Gasteiger partial charge in [0.1, 0.15) is 18.8 Å². The SMILES string of the molecule is CCC(=O)OCC1OC(OC(=O)CC)C(NC(C)=O)[C@@H](OC(=O)CC)[C@@H]1OC(=O)CC. The van der Waals surface area contributed by atoms with Crippen LogP contribution in [-0.4, -0.2) is 67.0 Å². The highest BCUT2D eigenvalue weighted by atomic mass is 16.7. The quantitative estimate of drug-likeness (QED) is 0.378. The van der Waals surface area contributed by atoms with E-state index in [1.54, 1.807) is 27.7 Å². The molecule has 0 aromatic carbocycles. The second-order valence-electron chi connectivity index (χ2n) is 6.77. The molecular formula is C20H31NO10. The van der Waals surface area contributed by atoms with Crippen molar-refractivity contribution in [2.75, 3.05) is 6.61 Å². The van der Waals surface area contributed by atoms with E-state index in [9.17, 15) is 24.0 Å². The molecule has 1 amide bonds. The molecule has 1 rings (SSSR count). The summed E-state index contributed by atoms with van der Waals surface area (Å²) in [6.07, 6.45) is -4.80. The number of nitrogens with one attached hydrogen (secondary N) is 1. The Hall–Kier alpha value is -2.69. The van der Waals surface area contributed by atoms with Gasteiger partial charge in [-0.1, -0.05) is 27.7 Å². The fourth-order valence-electron chi connectivity index (χ4n) is 2.77. The molecule has 11 nitrogen and oxygen atoms in total. The van der Waals surface area contributed by atoms with Gasteiger partial charge in [0, 0.05) is 32.6 Å². The summed E-state index contributed by atoms with van der Waals surface area (Å²) in [6.45, 7) is 7.18. The standard InChI is InChI=1S/C20H31NO10/c1-6-13(23)27-10-12-18(29-14(24)7-2)19(30-15(25)8-3)17(21-11(5)22)20(28-12)31-16(26)9-4/h12,17-20H,6-10H2,1-5H3,(H,21,22)/t12?,17?,18-,19-,20?/m1/s1. The summed E-state index contributed by atoms with van der Waals surface area (Å²) in [7, 11) is 0. The Morgan fingerprint density at radius 1 is 0.742 bits per heavy atom. The molecule has 0 aliphatic carbocycles. The molecule has 5 atom stereocenters. The number of carbonyl (C=O) groups excluding carboxylic acids is 5. The lowest BCUT2D eigenvalue weighted by Crippen LogP contribution is -2.67. The summed E-state index contributed by atoms with van der Waals surface area (Å²) in [5.74, 6) is -2.93. The number of amides is 1. The number of carbonyl (C=O) groups is 5. The van der Waals surface area contributed by atoms with Crippen LogP contribution in [0.4, 0.5) is 0 Å². The maximum Gasteiger partial charge on any atom is 0.307 e. The van der Waals surface area contributed by atoms with Crippen LogP contribution in [0.15, 0.2) is 0 Å². The first kappa shape index (κ1) is 26.3. The van der Waals surface area contributed by atoms with Gasteiger partial charge in [0.15, 0.2) is 12.2 Å². The van der Waals surface area contributed by atoms with Crippen molar-refractivity contribution in [1.82, 2.24) is 5.32 Å². The van der Waals surface area contributed by atoms with Crippen molar-refractivity contribution >= 4 is 29.8 Å². The molecule has 1 aliphatic heterocycles. The fraction of sp³-hybridized carbons (Fsp3) is 0.750. The van der Waals surface area contributed by atoms with Crippen molar-refractivity contribution in [1.29, 1.82) is 0 Å². The van der Waals surface area contributed by atoms with Gasteiger partial charge in [-0.25, -0.2) is 0 Å². The molecule has 0 radical (unpaired) electrons. The summed E-state index contributed by atoms with van der Waals surface area (Å²) in [4.78, 5) is 59.5. The van der Waals surface area contributed by atoms with Gasteiger partial charge in [-0.15, -0.1) is 0 Å². The first-order valence-corrected chi connectivity index (χ1v) is 10.3. The Balaban J connectivity index is 3.37. The molecule has 0 spiro atoms. The molecule has 0 saturated carbocycles. The summed E-state index contributed by atoms with van der Waals surface area (Å²) >= 11 is 0. The van der Waals surface area contributed by atoms with Crippen LogP contribution < -0.4 is 5.32 Å². The fourth-order valence-corrected chi connectivity index (χ4v) is 2.77. The van der Waals surface area contributed by atoms with E-state index < -0.39 is 60.4 Å². The molecule has 1 fully saturated rings. The summed E-state index contributed by atoms with van der Waals surface area (Å²) in [6, 6.07) is -1.16. The Morgan fingerprint density at radius 2 is 1.23 bits per heavy atom. The molecule has 0 aromatic rings.